The van der Waals surface area contributed by atoms with Crippen LogP contribution in [0.2, 0.25) is 0 Å². The van der Waals surface area contributed by atoms with Gasteiger partial charge in [0.05, 0.1) is 24.0 Å². The van der Waals surface area contributed by atoms with Gasteiger partial charge in [0.15, 0.2) is 0 Å². The Kier molecular flexibility index (Phi) is 5.55. The summed E-state index contributed by atoms with van der Waals surface area (Å²) < 4.78 is 7.42. The Morgan fingerprint density at radius 2 is 1.88 bits per heavy atom. The second kappa shape index (κ2) is 7.85. The van der Waals surface area contributed by atoms with Gasteiger partial charge in [-0.25, -0.2) is 9.78 Å². The molecule has 1 atom stereocenters. The summed E-state index contributed by atoms with van der Waals surface area (Å²) in [6.07, 6.45) is 7.95. The molecule has 1 saturated carbocycles. The number of ketones is 1. The number of imidazole rings is 1. The van der Waals surface area contributed by atoms with Crippen molar-refractivity contribution in [1.29, 1.82) is 0 Å². The maximum atomic E-state index is 12.7. The van der Waals surface area contributed by atoms with Gasteiger partial charge in [-0.2, -0.15) is 0 Å². The number of rotatable bonds is 6. The highest BCUT2D eigenvalue weighted by atomic mass is 16.5. The molecular formula is C21H26N2O3. The summed E-state index contributed by atoms with van der Waals surface area (Å²) >= 11 is 0. The lowest BCUT2D eigenvalue weighted by molar-refractivity contribution is -0.131. The van der Waals surface area contributed by atoms with Crippen LogP contribution >= 0.6 is 0 Å². The van der Waals surface area contributed by atoms with Crippen molar-refractivity contribution >= 4 is 11.8 Å². The summed E-state index contributed by atoms with van der Waals surface area (Å²) in [5.41, 5.74) is 0.993. The highest BCUT2D eigenvalue weighted by Crippen LogP contribution is 2.37. The minimum absolute atomic E-state index is 0.0299. The van der Waals surface area contributed by atoms with Gasteiger partial charge < -0.3 is 9.30 Å². The van der Waals surface area contributed by atoms with Gasteiger partial charge in [-0.1, -0.05) is 49.6 Å². The highest BCUT2D eigenvalue weighted by Gasteiger charge is 2.38. The first kappa shape index (κ1) is 18.4. The molecule has 2 aromatic rings. The van der Waals surface area contributed by atoms with Gasteiger partial charge in [0.2, 0.25) is 0 Å². The minimum Gasteiger partial charge on any atom is -0.460 e. The summed E-state index contributed by atoms with van der Waals surface area (Å²) in [6, 6.07) is 9.92. The lowest BCUT2D eigenvalue weighted by atomic mass is 9.72. The van der Waals surface area contributed by atoms with E-state index in [0.29, 0.717) is 5.69 Å². The number of ether oxygens (including phenoxy) is 1. The third-order valence-corrected chi connectivity index (χ3v) is 5.61. The molecule has 1 aromatic heterocycles. The van der Waals surface area contributed by atoms with Crippen LogP contribution in [-0.2, 0) is 9.53 Å². The number of aromatic nitrogens is 2. The SMILES string of the molecule is CC(=O)C1(COC(=O)c2cncn2[C@H](C)c2ccccc2)CCCCC1. The second-order valence-electron chi connectivity index (χ2n) is 7.25. The van der Waals surface area contributed by atoms with E-state index < -0.39 is 11.4 Å². The van der Waals surface area contributed by atoms with E-state index in [9.17, 15) is 9.59 Å². The first-order valence-corrected chi connectivity index (χ1v) is 9.28. The Balaban J connectivity index is 1.73. The van der Waals surface area contributed by atoms with Crippen LogP contribution in [0.1, 0.15) is 68.0 Å². The molecule has 5 heteroatoms. The van der Waals surface area contributed by atoms with Crippen molar-refractivity contribution in [3.05, 3.63) is 54.1 Å². The van der Waals surface area contributed by atoms with Crippen LogP contribution in [0.25, 0.3) is 0 Å². The first-order valence-electron chi connectivity index (χ1n) is 9.28. The fourth-order valence-corrected chi connectivity index (χ4v) is 3.77. The van der Waals surface area contributed by atoms with Crippen molar-refractivity contribution in [3.8, 4) is 0 Å². The summed E-state index contributed by atoms with van der Waals surface area (Å²) in [5.74, 6) is -0.298. The summed E-state index contributed by atoms with van der Waals surface area (Å²) in [6.45, 7) is 3.79. The topological polar surface area (TPSA) is 61.2 Å². The highest BCUT2D eigenvalue weighted by molar-refractivity contribution is 5.88. The zero-order chi connectivity index (χ0) is 18.6. The minimum atomic E-state index is -0.510. The van der Waals surface area contributed by atoms with Gasteiger partial charge in [-0.05, 0) is 32.3 Å². The van der Waals surface area contributed by atoms with E-state index in [1.807, 2.05) is 41.8 Å². The van der Waals surface area contributed by atoms with Crippen molar-refractivity contribution in [1.82, 2.24) is 9.55 Å². The fraction of sp³-hybridized carbons (Fsp3) is 0.476. The van der Waals surface area contributed by atoms with E-state index in [-0.39, 0.29) is 18.4 Å². The Morgan fingerprint density at radius 3 is 2.54 bits per heavy atom. The zero-order valence-electron chi connectivity index (χ0n) is 15.5. The third kappa shape index (κ3) is 3.71. The van der Waals surface area contributed by atoms with Crippen LogP contribution in [0.3, 0.4) is 0 Å². The van der Waals surface area contributed by atoms with Gasteiger partial charge in [0, 0.05) is 0 Å². The molecule has 1 fully saturated rings. The van der Waals surface area contributed by atoms with Gasteiger partial charge in [-0.15, -0.1) is 0 Å². The quantitative estimate of drug-likeness (QED) is 0.730. The van der Waals surface area contributed by atoms with E-state index in [1.165, 1.54) is 6.20 Å². The van der Waals surface area contributed by atoms with Crippen molar-refractivity contribution in [2.45, 2.75) is 52.0 Å². The van der Waals surface area contributed by atoms with E-state index in [1.54, 1.807) is 13.3 Å². The van der Waals surface area contributed by atoms with E-state index in [4.69, 9.17) is 4.74 Å². The Morgan fingerprint density at radius 1 is 1.19 bits per heavy atom. The molecule has 0 N–H and O–H groups in total. The smallest absolute Gasteiger partial charge is 0.356 e. The summed E-state index contributed by atoms with van der Waals surface area (Å²) in [4.78, 5) is 29.0. The standard InChI is InChI=1S/C21H26N2O3/c1-16(18-9-5-3-6-10-18)23-15-22-13-19(23)20(25)26-14-21(17(2)24)11-7-4-8-12-21/h3,5-6,9-10,13,15-16H,4,7-8,11-12,14H2,1-2H3/t16-/m1/s1. The molecule has 1 aromatic carbocycles. The number of nitrogens with zero attached hydrogens (tertiary/aromatic N) is 2. The molecule has 1 aliphatic carbocycles. The number of benzene rings is 1. The third-order valence-electron chi connectivity index (χ3n) is 5.61. The number of carbonyl (C=O) groups excluding carboxylic acids is 2. The number of hydrogen-bond donors (Lipinski definition) is 0. The molecular weight excluding hydrogens is 328 g/mol. The van der Waals surface area contributed by atoms with Crippen LogP contribution in [0.5, 0.6) is 0 Å². The maximum absolute atomic E-state index is 12.7. The molecule has 0 amide bonds. The second-order valence-corrected chi connectivity index (χ2v) is 7.25. The molecule has 0 bridgehead atoms. The molecule has 0 saturated heterocycles. The number of Topliss-reactive ketones (excluding diaryl/α,β-unsaturated/α-hetero) is 1. The van der Waals surface area contributed by atoms with Crippen LogP contribution in [-0.4, -0.2) is 27.9 Å². The van der Waals surface area contributed by atoms with Crippen molar-refractivity contribution in [3.63, 3.8) is 0 Å². The van der Waals surface area contributed by atoms with Crippen molar-refractivity contribution in [2.75, 3.05) is 6.61 Å². The normalized spacial score (nSPS) is 17.5. The maximum Gasteiger partial charge on any atom is 0.356 e. The Hall–Kier alpha value is -2.43. The van der Waals surface area contributed by atoms with Gasteiger partial charge >= 0.3 is 5.97 Å². The van der Waals surface area contributed by atoms with Crippen molar-refractivity contribution in [2.24, 2.45) is 5.41 Å². The molecule has 0 aliphatic heterocycles. The largest absolute Gasteiger partial charge is 0.460 e. The number of hydrogen-bond acceptors (Lipinski definition) is 4. The van der Waals surface area contributed by atoms with Crippen LogP contribution in [0.15, 0.2) is 42.9 Å². The molecule has 5 nitrogen and oxygen atoms in total. The molecule has 0 unspecified atom stereocenters. The Labute approximate surface area is 154 Å². The first-order chi connectivity index (χ1) is 12.5. The summed E-state index contributed by atoms with van der Waals surface area (Å²) in [5, 5.41) is 0. The van der Waals surface area contributed by atoms with Gasteiger partial charge in [0.25, 0.3) is 0 Å². The molecule has 3 rings (SSSR count). The lowest BCUT2D eigenvalue weighted by Crippen LogP contribution is -2.37. The monoisotopic (exact) mass is 354 g/mol. The molecule has 1 heterocycles. The summed E-state index contributed by atoms with van der Waals surface area (Å²) in [7, 11) is 0. The van der Waals surface area contributed by atoms with Crippen molar-refractivity contribution < 1.29 is 14.3 Å². The predicted octanol–water partition coefficient (Wildman–Crippen LogP) is 4.19. The average molecular weight is 354 g/mol. The van der Waals surface area contributed by atoms with Gasteiger partial charge in [0.1, 0.15) is 18.1 Å². The average Bonchev–Trinajstić information content (AvgIpc) is 3.16. The zero-order valence-corrected chi connectivity index (χ0v) is 15.5. The molecule has 0 radical (unpaired) electrons. The molecule has 0 spiro atoms. The van der Waals surface area contributed by atoms with E-state index in [2.05, 4.69) is 4.98 Å². The van der Waals surface area contributed by atoms with Crippen LogP contribution < -0.4 is 0 Å². The number of esters is 1. The molecule has 26 heavy (non-hydrogen) atoms. The fourth-order valence-electron chi connectivity index (χ4n) is 3.77. The van der Waals surface area contributed by atoms with Crippen LogP contribution in [0.4, 0.5) is 0 Å². The lowest BCUT2D eigenvalue weighted by Gasteiger charge is -2.34. The number of carbonyl (C=O) groups is 2. The Bertz CT molecular complexity index is 761. The van der Waals surface area contributed by atoms with Crippen LogP contribution in [0, 0.1) is 5.41 Å². The predicted molar refractivity (Wildman–Crippen MR) is 99.0 cm³/mol. The molecule has 138 valence electrons. The van der Waals surface area contributed by atoms with E-state index >= 15 is 0 Å². The van der Waals surface area contributed by atoms with E-state index in [0.717, 1.165) is 37.7 Å². The van der Waals surface area contributed by atoms with Gasteiger partial charge in [-0.3, -0.25) is 4.79 Å². The molecule has 1 aliphatic rings.